The Morgan fingerprint density at radius 1 is 1.22 bits per heavy atom. The fourth-order valence-corrected chi connectivity index (χ4v) is 5.13. The van der Waals surface area contributed by atoms with Crippen molar-refractivity contribution in [1.29, 1.82) is 0 Å². The molecule has 0 spiro atoms. The predicted molar refractivity (Wildman–Crippen MR) is 113 cm³/mol. The van der Waals surface area contributed by atoms with E-state index in [-0.39, 0.29) is 5.41 Å². The van der Waals surface area contributed by atoms with E-state index in [9.17, 15) is 0 Å². The smallest absolute Gasteiger partial charge is 0.122 e. The first-order valence-corrected chi connectivity index (χ1v) is 11.1. The van der Waals surface area contributed by atoms with Crippen LogP contribution < -0.4 is 10.1 Å². The predicted octanol–water partition coefficient (Wildman–Crippen LogP) is 4.54. The van der Waals surface area contributed by atoms with Crippen molar-refractivity contribution in [3.63, 3.8) is 0 Å². The minimum atomic E-state index is 0.130. The van der Waals surface area contributed by atoms with E-state index in [0.717, 1.165) is 38.2 Å². The highest BCUT2D eigenvalue weighted by Crippen LogP contribution is 2.44. The highest BCUT2D eigenvalue weighted by atomic mass is 32.1. The molecule has 4 heteroatoms. The van der Waals surface area contributed by atoms with Crippen LogP contribution in [-0.4, -0.2) is 26.4 Å². The number of hydrogen-bond acceptors (Lipinski definition) is 3. The maximum Gasteiger partial charge on any atom is 0.122 e. The number of hydrogen-bond donors (Lipinski definition) is 1. The van der Waals surface area contributed by atoms with Gasteiger partial charge in [0.25, 0.3) is 0 Å². The van der Waals surface area contributed by atoms with Gasteiger partial charge in [-0.2, -0.15) is 0 Å². The number of benzene rings is 1. The van der Waals surface area contributed by atoms with Crippen LogP contribution in [-0.2, 0) is 10.2 Å². The number of rotatable bonds is 8. The quantitative estimate of drug-likeness (QED) is 0.720. The number of ether oxygens (including phenoxy) is 2. The van der Waals surface area contributed by atoms with E-state index in [4.69, 9.17) is 9.47 Å². The molecule has 0 aliphatic carbocycles. The summed E-state index contributed by atoms with van der Waals surface area (Å²) in [6.45, 7) is 8.80. The first-order chi connectivity index (χ1) is 13.1. The summed E-state index contributed by atoms with van der Waals surface area (Å²) >= 11 is 1.85. The Morgan fingerprint density at radius 2 is 2.04 bits per heavy atom. The molecule has 148 valence electrons. The van der Waals surface area contributed by atoms with Crippen molar-refractivity contribution in [3.05, 3.63) is 52.2 Å². The molecule has 3 atom stereocenters. The molecule has 2 N–H and O–H groups in total. The lowest BCUT2D eigenvalue weighted by atomic mass is 9.68. The summed E-state index contributed by atoms with van der Waals surface area (Å²) in [6.07, 6.45) is 3.61. The van der Waals surface area contributed by atoms with Crippen molar-refractivity contribution < 1.29 is 14.8 Å². The van der Waals surface area contributed by atoms with Gasteiger partial charge in [-0.1, -0.05) is 38.1 Å². The number of quaternary nitrogens is 1. The molecule has 0 radical (unpaired) electrons. The van der Waals surface area contributed by atoms with Crippen molar-refractivity contribution in [2.24, 2.45) is 5.92 Å². The van der Waals surface area contributed by atoms with E-state index >= 15 is 0 Å². The summed E-state index contributed by atoms with van der Waals surface area (Å²) in [7, 11) is 1.79. The lowest BCUT2D eigenvalue weighted by Gasteiger charge is -2.43. The largest absolute Gasteiger partial charge is 0.496 e. The van der Waals surface area contributed by atoms with E-state index in [2.05, 4.69) is 67.9 Å². The van der Waals surface area contributed by atoms with Crippen LogP contribution in [0, 0.1) is 5.92 Å². The second-order valence-corrected chi connectivity index (χ2v) is 9.15. The molecule has 0 bridgehead atoms. The Hall–Kier alpha value is -1.36. The average Bonchev–Trinajstić information content (AvgIpc) is 3.23. The zero-order valence-electron chi connectivity index (χ0n) is 17.1. The molecular formula is C23H34NO2S+. The first-order valence-electron chi connectivity index (χ1n) is 10.2. The summed E-state index contributed by atoms with van der Waals surface area (Å²) in [5, 5.41) is 4.66. The molecule has 1 aromatic heterocycles. The Kier molecular flexibility index (Phi) is 6.96. The van der Waals surface area contributed by atoms with Crippen molar-refractivity contribution in [2.75, 3.05) is 20.3 Å². The topological polar surface area (TPSA) is 35.1 Å². The van der Waals surface area contributed by atoms with Gasteiger partial charge in [0.1, 0.15) is 11.8 Å². The van der Waals surface area contributed by atoms with Crippen LogP contribution in [0.1, 0.15) is 56.5 Å². The molecule has 0 amide bonds. The van der Waals surface area contributed by atoms with Crippen LogP contribution in [0.25, 0.3) is 0 Å². The van der Waals surface area contributed by atoms with E-state index < -0.39 is 0 Å². The van der Waals surface area contributed by atoms with Gasteiger partial charge in [-0.25, -0.2) is 0 Å². The van der Waals surface area contributed by atoms with Crippen LogP contribution in [0.2, 0.25) is 0 Å². The number of methoxy groups -OCH3 is 1. The molecule has 3 nitrogen and oxygen atoms in total. The lowest BCUT2D eigenvalue weighted by molar-refractivity contribution is -0.693. The Bertz CT molecular complexity index is 700. The normalized spacial score (nSPS) is 24.1. The van der Waals surface area contributed by atoms with Crippen LogP contribution >= 0.6 is 11.3 Å². The van der Waals surface area contributed by atoms with Crippen molar-refractivity contribution >= 4 is 11.3 Å². The molecule has 2 heterocycles. The lowest BCUT2D eigenvalue weighted by Crippen LogP contribution is -2.85. The van der Waals surface area contributed by atoms with E-state index in [1.165, 1.54) is 10.4 Å². The summed E-state index contributed by atoms with van der Waals surface area (Å²) in [5.41, 5.74) is 1.49. The molecule has 27 heavy (non-hydrogen) atoms. The number of nitrogens with two attached hydrogens (primary N) is 1. The van der Waals surface area contributed by atoms with Crippen LogP contribution in [0.4, 0.5) is 0 Å². The molecule has 1 aromatic carbocycles. The van der Waals surface area contributed by atoms with Crippen LogP contribution in [0.3, 0.4) is 0 Å². The molecule has 0 unspecified atom stereocenters. The molecule has 1 saturated heterocycles. The molecule has 3 rings (SSSR count). The highest BCUT2D eigenvalue weighted by Gasteiger charge is 2.41. The van der Waals surface area contributed by atoms with Crippen LogP contribution in [0.15, 0.2) is 41.8 Å². The summed E-state index contributed by atoms with van der Waals surface area (Å²) in [4.78, 5) is 1.45. The Balaban J connectivity index is 1.79. The zero-order chi connectivity index (χ0) is 19.3. The minimum absolute atomic E-state index is 0.130. The van der Waals surface area contributed by atoms with Gasteiger partial charge in [0, 0.05) is 24.0 Å². The van der Waals surface area contributed by atoms with Crippen molar-refractivity contribution in [3.8, 4) is 5.75 Å². The fraction of sp³-hybridized carbons (Fsp3) is 0.565. The second kappa shape index (κ2) is 9.22. The van der Waals surface area contributed by atoms with Gasteiger partial charge < -0.3 is 14.8 Å². The molecule has 1 aliphatic heterocycles. The SMILES string of the molecule is COc1ccccc1[C@@]1(CC[NH2+][C@@H](C)c2cccs2)CCO[C@H](C(C)C)C1. The Labute approximate surface area is 168 Å². The second-order valence-electron chi connectivity index (χ2n) is 8.17. The standard InChI is InChI=1S/C23H33NO2S/c1-17(2)21-16-23(12-14-26-21,19-8-5-6-9-20(19)25-4)11-13-24-18(3)22-10-7-15-27-22/h5-10,15,17-18,21,24H,11-14,16H2,1-4H3/p+1/t18-,21-,23-/m0/s1. The number of thiophene rings is 1. The molecule has 0 saturated carbocycles. The van der Waals surface area contributed by atoms with Gasteiger partial charge in [0.2, 0.25) is 0 Å². The number of para-hydroxylation sites is 1. The van der Waals surface area contributed by atoms with E-state index in [0.29, 0.717) is 18.1 Å². The van der Waals surface area contributed by atoms with E-state index in [1.54, 1.807) is 7.11 Å². The fourth-order valence-electron chi connectivity index (χ4n) is 4.35. The van der Waals surface area contributed by atoms with Gasteiger partial charge in [0.05, 0.1) is 24.6 Å². The highest BCUT2D eigenvalue weighted by molar-refractivity contribution is 7.10. The zero-order valence-corrected chi connectivity index (χ0v) is 17.9. The molecular weight excluding hydrogens is 354 g/mol. The minimum Gasteiger partial charge on any atom is -0.496 e. The third kappa shape index (κ3) is 4.74. The van der Waals surface area contributed by atoms with Crippen molar-refractivity contribution in [2.45, 2.75) is 57.6 Å². The average molecular weight is 389 g/mol. The monoisotopic (exact) mass is 388 g/mol. The third-order valence-corrected chi connectivity index (χ3v) is 7.13. The molecule has 1 fully saturated rings. The van der Waals surface area contributed by atoms with Gasteiger partial charge >= 0.3 is 0 Å². The van der Waals surface area contributed by atoms with Gasteiger partial charge in [-0.3, -0.25) is 0 Å². The van der Waals surface area contributed by atoms with E-state index in [1.807, 2.05) is 11.3 Å². The summed E-state index contributed by atoms with van der Waals surface area (Å²) in [5.74, 6) is 1.56. The van der Waals surface area contributed by atoms with Crippen molar-refractivity contribution in [1.82, 2.24) is 0 Å². The van der Waals surface area contributed by atoms with Gasteiger partial charge in [0.15, 0.2) is 0 Å². The molecule has 2 aromatic rings. The van der Waals surface area contributed by atoms with Gasteiger partial charge in [-0.05, 0) is 43.2 Å². The third-order valence-electron chi connectivity index (χ3n) is 6.06. The summed E-state index contributed by atoms with van der Waals surface area (Å²) < 4.78 is 11.9. The van der Waals surface area contributed by atoms with Gasteiger partial charge in [-0.15, -0.1) is 11.3 Å². The first kappa shape index (κ1) is 20.4. The van der Waals surface area contributed by atoms with Crippen LogP contribution in [0.5, 0.6) is 5.75 Å². The maximum atomic E-state index is 6.13. The maximum absolute atomic E-state index is 6.13. The molecule has 1 aliphatic rings. The summed E-state index contributed by atoms with van der Waals surface area (Å²) in [6, 6.07) is 13.5. The Morgan fingerprint density at radius 3 is 2.74 bits per heavy atom.